The van der Waals surface area contributed by atoms with Gasteiger partial charge in [-0.1, -0.05) is 35.9 Å². The third-order valence-corrected chi connectivity index (χ3v) is 3.49. The third kappa shape index (κ3) is 4.93. The number of carbonyl (C=O) groups excluding carboxylic acids is 1. The lowest BCUT2D eigenvalue weighted by Crippen LogP contribution is -2.24. The van der Waals surface area contributed by atoms with Gasteiger partial charge in [0.15, 0.2) is 0 Å². The minimum absolute atomic E-state index is 0.0120. The summed E-state index contributed by atoms with van der Waals surface area (Å²) in [5.74, 6) is -0.279. The van der Waals surface area contributed by atoms with Crippen molar-refractivity contribution in [2.45, 2.75) is 13.0 Å². The number of benzene rings is 2. The molecule has 0 aliphatic carbocycles. The van der Waals surface area contributed by atoms with Crippen LogP contribution in [0.15, 0.2) is 54.6 Å². The van der Waals surface area contributed by atoms with Crippen molar-refractivity contribution in [3.05, 3.63) is 80.9 Å². The second kappa shape index (κ2) is 7.56. The van der Waals surface area contributed by atoms with Crippen molar-refractivity contribution in [3.63, 3.8) is 0 Å². The summed E-state index contributed by atoms with van der Waals surface area (Å²) >= 11 is 5.83. The first-order valence-corrected chi connectivity index (χ1v) is 7.32. The Morgan fingerprint density at radius 1 is 1.26 bits per heavy atom. The molecule has 0 aromatic heterocycles. The highest BCUT2D eigenvalue weighted by molar-refractivity contribution is 6.30. The number of amides is 1. The van der Waals surface area contributed by atoms with Gasteiger partial charge in [0.1, 0.15) is 0 Å². The Bertz CT molecular complexity index is 742. The molecule has 0 aliphatic heterocycles. The first-order chi connectivity index (χ1) is 11.0. The maximum atomic E-state index is 11.9. The first-order valence-electron chi connectivity index (χ1n) is 6.94. The smallest absolute Gasteiger partial charge is 0.270 e. The normalized spacial score (nSPS) is 12.1. The van der Waals surface area contributed by atoms with Gasteiger partial charge in [-0.2, -0.15) is 0 Å². The van der Waals surface area contributed by atoms with E-state index >= 15 is 0 Å². The van der Waals surface area contributed by atoms with E-state index in [9.17, 15) is 14.9 Å². The van der Waals surface area contributed by atoms with E-state index < -0.39 is 4.92 Å². The molecule has 0 radical (unpaired) electrons. The molecule has 2 rings (SSSR count). The van der Waals surface area contributed by atoms with E-state index in [2.05, 4.69) is 5.32 Å². The quantitative estimate of drug-likeness (QED) is 0.508. The number of hydrogen-bond donors (Lipinski definition) is 1. The molecule has 0 unspecified atom stereocenters. The Kier molecular flexibility index (Phi) is 5.49. The van der Waals surface area contributed by atoms with Gasteiger partial charge < -0.3 is 5.32 Å². The molecule has 2 aromatic carbocycles. The number of nitro groups is 1. The molecular formula is C17H15ClN2O3. The Morgan fingerprint density at radius 2 is 1.96 bits per heavy atom. The maximum absolute atomic E-state index is 11.9. The van der Waals surface area contributed by atoms with Crippen LogP contribution >= 0.6 is 11.6 Å². The number of carbonyl (C=O) groups is 1. The second-order valence-corrected chi connectivity index (χ2v) is 5.40. The van der Waals surface area contributed by atoms with E-state index in [4.69, 9.17) is 11.6 Å². The zero-order valence-electron chi connectivity index (χ0n) is 12.4. The van der Waals surface area contributed by atoms with Gasteiger partial charge in [-0.25, -0.2) is 0 Å². The van der Waals surface area contributed by atoms with Gasteiger partial charge in [0.25, 0.3) is 5.69 Å². The summed E-state index contributed by atoms with van der Waals surface area (Å²) in [6.07, 6.45) is 2.89. The van der Waals surface area contributed by atoms with Crippen LogP contribution in [0.5, 0.6) is 0 Å². The van der Waals surface area contributed by atoms with Crippen LogP contribution < -0.4 is 5.32 Å². The lowest BCUT2D eigenvalue weighted by atomic mass is 10.1. The zero-order valence-corrected chi connectivity index (χ0v) is 13.2. The monoisotopic (exact) mass is 330 g/mol. The zero-order chi connectivity index (χ0) is 16.8. The summed E-state index contributed by atoms with van der Waals surface area (Å²) < 4.78 is 0. The molecule has 2 aromatic rings. The van der Waals surface area contributed by atoms with E-state index in [1.807, 2.05) is 19.1 Å². The number of nitrogens with zero attached hydrogens (tertiary/aromatic N) is 1. The molecule has 1 amide bonds. The SMILES string of the molecule is C[C@@H](NC(=O)/C=C/c1cccc([N+](=O)[O-])c1)c1ccc(Cl)cc1. The largest absolute Gasteiger partial charge is 0.346 e. The average molecular weight is 331 g/mol. The molecule has 1 N–H and O–H groups in total. The predicted molar refractivity (Wildman–Crippen MR) is 90.1 cm³/mol. The Balaban J connectivity index is 2.00. The van der Waals surface area contributed by atoms with Crippen LogP contribution in [-0.4, -0.2) is 10.8 Å². The lowest BCUT2D eigenvalue weighted by molar-refractivity contribution is -0.384. The fourth-order valence-electron chi connectivity index (χ4n) is 2.01. The highest BCUT2D eigenvalue weighted by atomic mass is 35.5. The highest BCUT2D eigenvalue weighted by Gasteiger charge is 2.08. The van der Waals surface area contributed by atoms with Crippen molar-refractivity contribution in [1.82, 2.24) is 5.32 Å². The van der Waals surface area contributed by atoms with E-state index in [0.29, 0.717) is 10.6 Å². The van der Waals surface area contributed by atoms with Crippen LogP contribution in [0.25, 0.3) is 6.08 Å². The molecule has 1 atom stereocenters. The van der Waals surface area contributed by atoms with Gasteiger partial charge in [0.2, 0.25) is 5.91 Å². The standard InChI is InChI=1S/C17H15ClN2O3/c1-12(14-6-8-15(18)9-7-14)19-17(21)10-5-13-3-2-4-16(11-13)20(22)23/h2-12H,1H3,(H,19,21)/b10-5+/t12-/m1/s1. The highest BCUT2D eigenvalue weighted by Crippen LogP contribution is 2.16. The number of nitro benzene ring substituents is 1. The van der Waals surface area contributed by atoms with Crippen LogP contribution in [0.1, 0.15) is 24.1 Å². The summed E-state index contributed by atoms with van der Waals surface area (Å²) in [4.78, 5) is 22.2. The van der Waals surface area contributed by atoms with Gasteiger partial charge in [0, 0.05) is 23.2 Å². The summed E-state index contributed by atoms with van der Waals surface area (Å²) in [6.45, 7) is 1.86. The minimum Gasteiger partial charge on any atom is -0.346 e. The Hall–Kier alpha value is -2.66. The number of rotatable bonds is 5. The van der Waals surface area contributed by atoms with Gasteiger partial charge in [-0.3, -0.25) is 14.9 Å². The average Bonchev–Trinajstić information content (AvgIpc) is 2.53. The van der Waals surface area contributed by atoms with Crippen LogP contribution in [0, 0.1) is 10.1 Å². The van der Waals surface area contributed by atoms with E-state index in [-0.39, 0.29) is 17.6 Å². The number of hydrogen-bond acceptors (Lipinski definition) is 3. The fraction of sp³-hybridized carbons (Fsp3) is 0.118. The van der Waals surface area contributed by atoms with Crippen LogP contribution in [-0.2, 0) is 4.79 Å². The fourth-order valence-corrected chi connectivity index (χ4v) is 2.14. The van der Waals surface area contributed by atoms with Gasteiger partial charge in [0.05, 0.1) is 11.0 Å². The minimum atomic E-state index is -0.472. The summed E-state index contributed by atoms with van der Waals surface area (Å²) in [5, 5.41) is 14.2. The summed E-state index contributed by atoms with van der Waals surface area (Å²) in [7, 11) is 0. The van der Waals surface area contributed by atoms with Crippen molar-refractivity contribution in [3.8, 4) is 0 Å². The van der Waals surface area contributed by atoms with Gasteiger partial charge in [-0.05, 0) is 36.3 Å². The van der Waals surface area contributed by atoms with Crippen molar-refractivity contribution < 1.29 is 9.72 Å². The molecule has 0 saturated heterocycles. The molecular weight excluding hydrogens is 316 g/mol. The van der Waals surface area contributed by atoms with Gasteiger partial charge >= 0.3 is 0 Å². The van der Waals surface area contributed by atoms with Crippen LogP contribution in [0.4, 0.5) is 5.69 Å². The third-order valence-electron chi connectivity index (χ3n) is 3.24. The predicted octanol–water partition coefficient (Wildman–Crippen LogP) is 4.14. The van der Waals surface area contributed by atoms with Crippen molar-refractivity contribution >= 4 is 29.3 Å². The molecule has 118 valence electrons. The number of halogens is 1. The molecule has 0 saturated carbocycles. The number of non-ortho nitro benzene ring substituents is 1. The number of nitrogens with one attached hydrogen (secondary N) is 1. The molecule has 0 bridgehead atoms. The van der Waals surface area contributed by atoms with E-state index in [1.165, 1.54) is 24.3 Å². The van der Waals surface area contributed by atoms with Crippen LogP contribution in [0.3, 0.4) is 0 Å². The van der Waals surface area contributed by atoms with Gasteiger partial charge in [-0.15, -0.1) is 0 Å². The topological polar surface area (TPSA) is 72.2 Å². The molecule has 6 heteroatoms. The molecule has 0 spiro atoms. The van der Waals surface area contributed by atoms with Crippen molar-refractivity contribution in [2.75, 3.05) is 0 Å². The second-order valence-electron chi connectivity index (χ2n) is 4.97. The van der Waals surface area contributed by atoms with Crippen molar-refractivity contribution in [2.24, 2.45) is 0 Å². The molecule has 0 heterocycles. The molecule has 5 nitrogen and oxygen atoms in total. The Labute approximate surface area is 138 Å². The molecule has 23 heavy (non-hydrogen) atoms. The van der Waals surface area contributed by atoms with E-state index in [0.717, 1.165) is 5.56 Å². The van der Waals surface area contributed by atoms with Crippen LogP contribution in [0.2, 0.25) is 5.02 Å². The summed E-state index contributed by atoms with van der Waals surface area (Å²) in [5.41, 5.74) is 1.52. The maximum Gasteiger partial charge on any atom is 0.270 e. The Morgan fingerprint density at radius 3 is 2.61 bits per heavy atom. The first kappa shape index (κ1) is 16.7. The molecule has 0 fully saturated rings. The summed E-state index contributed by atoms with van der Waals surface area (Å²) in [6, 6.07) is 13.1. The van der Waals surface area contributed by atoms with E-state index in [1.54, 1.807) is 24.3 Å². The van der Waals surface area contributed by atoms with Crippen molar-refractivity contribution in [1.29, 1.82) is 0 Å². The lowest BCUT2D eigenvalue weighted by Gasteiger charge is -2.12. The molecule has 0 aliphatic rings.